The Bertz CT molecular complexity index is 321. The Labute approximate surface area is 95.8 Å². The van der Waals surface area contributed by atoms with Gasteiger partial charge < -0.3 is 10.1 Å². The molecule has 0 heterocycles. The summed E-state index contributed by atoms with van der Waals surface area (Å²) < 4.78 is 18.0. The van der Waals surface area contributed by atoms with Crippen LogP contribution in [-0.4, -0.2) is 26.3 Å². The standard InChI is InChI=1S/C13H18FNO/c1-16-9-11(8-15-13-6-7-13)10-2-4-12(14)5-3-10/h2-5,11,13,15H,6-9H2,1H3. The minimum Gasteiger partial charge on any atom is -0.384 e. The van der Waals surface area contributed by atoms with Gasteiger partial charge in [0, 0.05) is 25.6 Å². The fraction of sp³-hybridized carbons (Fsp3) is 0.538. The van der Waals surface area contributed by atoms with E-state index in [1.165, 1.54) is 25.0 Å². The van der Waals surface area contributed by atoms with E-state index in [0.29, 0.717) is 18.6 Å². The first kappa shape index (κ1) is 11.6. The number of ether oxygens (including phenoxy) is 1. The summed E-state index contributed by atoms with van der Waals surface area (Å²) in [7, 11) is 1.70. The second kappa shape index (κ2) is 5.41. The average Bonchev–Trinajstić information content (AvgIpc) is 3.09. The van der Waals surface area contributed by atoms with Crippen LogP contribution in [-0.2, 0) is 4.74 Å². The van der Waals surface area contributed by atoms with E-state index in [4.69, 9.17) is 4.74 Å². The molecule has 1 atom stereocenters. The van der Waals surface area contributed by atoms with Gasteiger partial charge in [-0.15, -0.1) is 0 Å². The Hall–Kier alpha value is -0.930. The van der Waals surface area contributed by atoms with E-state index >= 15 is 0 Å². The molecule has 0 saturated heterocycles. The molecule has 1 fully saturated rings. The van der Waals surface area contributed by atoms with Crippen molar-refractivity contribution < 1.29 is 9.13 Å². The van der Waals surface area contributed by atoms with E-state index in [9.17, 15) is 4.39 Å². The zero-order valence-corrected chi connectivity index (χ0v) is 9.58. The molecule has 1 unspecified atom stereocenters. The zero-order valence-electron chi connectivity index (χ0n) is 9.58. The van der Waals surface area contributed by atoms with Crippen LogP contribution in [0.2, 0.25) is 0 Å². The molecule has 1 aliphatic rings. The van der Waals surface area contributed by atoms with Crippen molar-refractivity contribution >= 4 is 0 Å². The van der Waals surface area contributed by atoms with Gasteiger partial charge in [0.15, 0.2) is 0 Å². The Morgan fingerprint density at radius 2 is 2.06 bits per heavy atom. The van der Waals surface area contributed by atoms with Crippen molar-refractivity contribution in [2.75, 3.05) is 20.3 Å². The molecule has 0 bridgehead atoms. The molecule has 0 aliphatic heterocycles. The molecule has 2 rings (SSSR count). The smallest absolute Gasteiger partial charge is 0.123 e. The molecule has 1 aromatic rings. The fourth-order valence-corrected chi connectivity index (χ4v) is 1.81. The maximum Gasteiger partial charge on any atom is 0.123 e. The van der Waals surface area contributed by atoms with E-state index in [0.717, 1.165) is 12.1 Å². The SMILES string of the molecule is COCC(CNC1CC1)c1ccc(F)cc1. The third-order valence-corrected chi connectivity index (χ3v) is 2.94. The molecule has 0 amide bonds. The predicted molar refractivity (Wildman–Crippen MR) is 62.0 cm³/mol. The van der Waals surface area contributed by atoms with E-state index < -0.39 is 0 Å². The first-order valence-electron chi connectivity index (χ1n) is 5.77. The Kier molecular flexibility index (Phi) is 3.91. The average molecular weight is 223 g/mol. The second-order valence-corrected chi connectivity index (χ2v) is 4.39. The molecule has 1 saturated carbocycles. The van der Waals surface area contributed by atoms with E-state index in [-0.39, 0.29) is 5.82 Å². The summed E-state index contributed by atoms with van der Waals surface area (Å²) in [4.78, 5) is 0. The van der Waals surface area contributed by atoms with Gasteiger partial charge in [-0.05, 0) is 30.5 Å². The van der Waals surface area contributed by atoms with Crippen molar-refractivity contribution in [1.82, 2.24) is 5.32 Å². The minimum absolute atomic E-state index is 0.185. The summed E-state index contributed by atoms with van der Waals surface area (Å²) >= 11 is 0. The summed E-state index contributed by atoms with van der Waals surface area (Å²) in [5, 5.41) is 3.48. The van der Waals surface area contributed by atoms with Crippen molar-refractivity contribution in [3.63, 3.8) is 0 Å². The van der Waals surface area contributed by atoms with Gasteiger partial charge in [0.1, 0.15) is 5.82 Å². The third kappa shape index (κ3) is 3.29. The van der Waals surface area contributed by atoms with Crippen LogP contribution in [0.1, 0.15) is 24.3 Å². The van der Waals surface area contributed by atoms with Gasteiger partial charge in [0.25, 0.3) is 0 Å². The Morgan fingerprint density at radius 1 is 1.38 bits per heavy atom. The second-order valence-electron chi connectivity index (χ2n) is 4.39. The van der Waals surface area contributed by atoms with Crippen LogP contribution >= 0.6 is 0 Å². The van der Waals surface area contributed by atoms with Crippen LogP contribution in [0.25, 0.3) is 0 Å². The lowest BCUT2D eigenvalue weighted by Crippen LogP contribution is -2.26. The number of nitrogens with one attached hydrogen (secondary N) is 1. The molecule has 1 aromatic carbocycles. The first-order valence-corrected chi connectivity index (χ1v) is 5.77. The molecule has 0 radical (unpaired) electrons. The van der Waals surface area contributed by atoms with Crippen LogP contribution in [0, 0.1) is 5.82 Å². The predicted octanol–water partition coefficient (Wildman–Crippen LogP) is 2.31. The Morgan fingerprint density at radius 3 is 2.62 bits per heavy atom. The number of rotatable bonds is 6. The number of halogens is 1. The van der Waals surface area contributed by atoms with Gasteiger partial charge in [0.2, 0.25) is 0 Å². The zero-order chi connectivity index (χ0) is 11.4. The number of methoxy groups -OCH3 is 1. The van der Waals surface area contributed by atoms with Crippen molar-refractivity contribution in [3.8, 4) is 0 Å². The highest BCUT2D eigenvalue weighted by atomic mass is 19.1. The maximum absolute atomic E-state index is 12.8. The molecule has 0 spiro atoms. The summed E-state index contributed by atoms with van der Waals surface area (Å²) in [6, 6.07) is 7.39. The highest BCUT2D eigenvalue weighted by Crippen LogP contribution is 2.21. The number of hydrogen-bond acceptors (Lipinski definition) is 2. The van der Waals surface area contributed by atoms with Crippen molar-refractivity contribution in [3.05, 3.63) is 35.6 Å². The lowest BCUT2D eigenvalue weighted by molar-refractivity contribution is 0.177. The highest BCUT2D eigenvalue weighted by molar-refractivity contribution is 5.21. The molecule has 16 heavy (non-hydrogen) atoms. The monoisotopic (exact) mass is 223 g/mol. The van der Waals surface area contributed by atoms with Gasteiger partial charge in [-0.3, -0.25) is 0 Å². The molecular weight excluding hydrogens is 205 g/mol. The normalized spacial score (nSPS) is 17.4. The van der Waals surface area contributed by atoms with Crippen LogP contribution in [0.5, 0.6) is 0 Å². The topological polar surface area (TPSA) is 21.3 Å². The number of benzene rings is 1. The van der Waals surface area contributed by atoms with Crippen LogP contribution < -0.4 is 5.32 Å². The van der Waals surface area contributed by atoms with E-state index in [1.807, 2.05) is 12.1 Å². The summed E-state index contributed by atoms with van der Waals surface area (Å²) in [6.45, 7) is 1.58. The van der Waals surface area contributed by atoms with Crippen LogP contribution in [0.15, 0.2) is 24.3 Å². The lowest BCUT2D eigenvalue weighted by atomic mass is 10.00. The summed E-state index contributed by atoms with van der Waals surface area (Å²) in [6.07, 6.45) is 2.56. The molecule has 88 valence electrons. The van der Waals surface area contributed by atoms with Gasteiger partial charge in [-0.2, -0.15) is 0 Å². The quantitative estimate of drug-likeness (QED) is 0.799. The lowest BCUT2D eigenvalue weighted by Gasteiger charge is -2.17. The van der Waals surface area contributed by atoms with Gasteiger partial charge in [-0.1, -0.05) is 12.1 Å². The van der Waals surface area contributed by atoms with Gasteiger partial charge in [-0.25, -0.2) is 4.39 Å². The largest absolute Gasteiger partial charge is 0.384 e. The van der Waals surface area contributed by atoms with E-state index in [1.54, 1.807) is 7.11 Å². The van der Waals surface area contributed by atoms with Crippen LogP contribution in [0.3, 0.4) is 0 Å². The van der Waals surface area contributed by atoms with Gasteiger partial charge in [0.05, 0.1) is 6.61 Å². The molecule has 2 nitrogen and oxygen atoms in total. The summed E-state index contributed by atoms with van der Waals surface area (Å²) in [5.74, 6) is 0.126. The van der Waals surface area contributed by atoms with E-state index in [2.05, 4.69) is 5.32 Å². The molecular formula is C13H18FNO. The third-order valence-electron chi connectivity index (χ3n) is 2.94. The van der Waals surface area contributed by atoms with Gasteiger partial charge >= 0.3 is 0 Å². The van der Waals surface area contributed by atoms with Crippen molar-refractivity contribution in [1.29, 1.82) is 0 Å². The van der Waals surface area contributed by atoms with Crippen molar-refractivity contribution in [2.45, 2.75) is 24.8 Å². The first-order chi connectivity index (χ1) is 7.79. The highest BCUT2D eigenvalue weighted by Gasteiger charge is 2.22. The molecule has 1 aliphatic carbocycles. The van der Waals surface area contributed by atoms with Crippen LogP contribution in [0.4, 0.5) is 4.39 Å². The Balaban J connectivity index is 1.95. The fourth-order valence-electron chi connectivity index (χ4n) is 1.81. The number of hydrogen-bond donors (Lipinski definition) is 1. The molecule has 0 aromatic heterocycles. The molecule has 3 heteroatoms. The van der Waals surface area contributed by atoms with Crippen molar-refractivity contribution in [2.24, 2.45) is 0 Å². The maximum atomic E-state index is 12.8. The summed E-state index contributed by atoms with van der Waals surface area (Å²) in [5.41, 5.74) is 1.14. The molecule has 1 N–H and O–H groups in total. The minimum atomic E-state index is -0.185.